The highest BCUT2D eigenvalue weighted by Gasteiger charge is 2.30. The molecule has 1 aliphatic heterocycles. The van der Waals surface area contributed by atoms with E-state index < -0.39 is 11.9 Å². The molecular weight excluding hydrogens is 326 g/mol. The Labute approximate surface area is 144 Å². The van der Waals surface area contributed by atoms with E-state index in [4.69, 9.17) is 0 Å². The molecule has 10 heteroatoms. The summed E-state index contributed by atoms with van der Waals surface area (Å²) in [4.78, 5) is 38.6. The van der Waals surface area contributed by atoms with Crippen molar-refractivity contribution in [3.05, 3.63) is 30.9 Å². The summed E-state index contributed by atoms with van der Waals surface area (Å²) < 4.78 is 1.59. The summed E-state index contributed by atoms with van der Waals surface area (Å²) in [6.45, 7) is 2.79. The number of rotatable bonds is 6. The first-order chi connectivity index (χ1) is 12.1. The average Bonchev–Trinajstić information content (AvgIpc) is 3.24. The van der Waals surface area contributed by atoms with Gasteiger partial charge < -0.3 is 15.0 Å². The lowest BCUT2D eigenvalue weighted by Gasteiger charge is -2.22. The van der Waals surface area contributed by atoms with Gasteiger partial charge in [-0.15, -0.1) is 0 Å². The van der Waals surface area contributed by atoms with E-state index in [1.54, 1.807) is 28.4 Å². The van der Waals surface area contributed by atoms with Gasteiger partial charge in [-0.25, -0.2) is 9.97 Å². The minimum absolute atomic E-state index is 0.0647. The van der Waals surface area contributed by atoms with E-state index in [1.165, 1.54) is 6.33 Å². The first-order valence-corrected chi connectivity index (χ1v) is 8.14. The second-order valence-electron chi connectivity index (χ2n) is 6.10. The monoisotopic (exact) mass is 347 g/mol. The van der Waals surface area contributed by atoms with Crippen molar-refractivity contribution in [2.24, 2.45) is 5.92 Å². The molecule has 1 aliphatic rings. The molecule has 0 aliphatic carbocycles. The number of nitrogens with one attached hydrogen (secondary N) is 1. The molecule has 2 aromatic heterocycles. The number of carbonyl (C=O) groups is 2. The van der Waals surface area contributed by atoms with Crippen LogP contribution in [0.2, 0.25) is 0 Å². The summed E-state index contributed by atoms with van der Waals surface area (Å²) in [5.74, 6) is -1.56. The summed E-state index contributed by atoms with van der Waals surface area (Å²) >= 11 is 0. The van der Waals surface area contributed by atoms with Gasteiger partial charge in [0.25, 0.3) is 0 Å². The third kappa shape index (κ3) is 4.63. The maximum Gasteiger partial charge on any atom is 0.309 e. The number of carbonyl (C=O) groups excluding carboxylic acids is 1. The predicted molar refractivity (Wildman–Crippen MR) is 86.2 cm³/mol. The van der Waals surface area contributed by atoms with Crippen LogP contribution in [0.3, 0.4) is 0 Å². The molecule has 1 atom stereocenters. The van der Waals surface area contributed by atoms with Crippen LogP contribution in [-0.4, -0.2) is 77.7 Å². The van der Waals surface area contributed by atoms with Gasteiger partial charge in [-0.2, -0.15) is 5.10 Å². The molecule has 0 aromatic carbocycles. The lowest BCUT2D eigenvalue weighted by Crippen LogP contribution is -2.38. The van der Waals surface area contributed by atoms with Gasteiger partial charge in [0, 0.05) is 51.0 Å². The third-order valence-corrected chi connectivity index (χ3v) is 4.28. The van der Waals surface area contributed by atoms with Crippen molar-refractivity contribution in [1.29, 1.82) is 0 Å². The Balaban J connectivity index is 1.60. The molecule has 0 radical (unpaired) electrons. The number of carboxylic acid groups (broad SMARTS) is 1. The number of aryl methyl sites for hydroxylation is 1. The lowest BCUT2D eigenvalue weighted by molar-refractivity contribution is -0.143. The maximum atomic E-state index is 12.5. The van der Waals surface area contributed by atoms with Gasteiger partial charge >= 0.3 is 5.97 Å². The Morgan fingerprint density at radius 2 is 2.16 bits per heavy atom. The van der Waals surface area contributed by atoms with Crippen molar-refractivity contribution in [2.45, 2.75) is 19.5 Å². The number of imidazole rings is 1. The molecule has 2 aromatic rings. The van der Waals surface area contributed by atoms with Gasteiger partial charge in [0.1, 0.15) is 12.7 Å². The normalized spacial score (nSPS) is 18.9. The fourth-order valence-corrected chi connectivity index (χ4v) is 2.94. The molecule has 0 spiro atoms. The minimum Gasteiger partial charge on any atom is -0.481 e. The number of amides is 1. The van der Waals surface area contributed by atoms with E-state index in [2.05, 4.69) is 20.1 Å². The van der Waals surface area contributed by atoms with E-state index in [0.717, 1.165) is 5.69 Å². The lowest BCUT2D eigenvalue weighted by atomic mass is 10.1. The van der Waals surface area contributed by atoms with Crippen molar-refractivity contribution < 1.29 is 14.7 Å². The molecule has 10 nitrogen and oxygen atoms in total. The summed E-state index contributed by atoms with van der Waals surface area (Å²) in [5, 5.41) is 13.5. The van der Waals surface area contributed by atoms with Crippen molar-refractivity contribution in [3.8, 4) is 0 Å². The molecule has 25 heavy (non-hydrogen) atoms. The van der Waals surface area contributed by atoms with Crippen LogP contribution in [0.1, 0.15) is 12.1 Å². The standard InChI is InChI=1S/C15H21N7O3/c23-14(1-2-22-11-17-10-19-22)21-4-3-20(6-12(7-21)15(24)25)8-13-5-16-9-18-13/h5,9-12H,1-4,6-8H2,(H,16,18)(H,24,25). The smallest absolute Gasteiger partial charge is 0.309 e. The molecular formula is C15H21N7O3. The molecule has 0 saturated carbocycles. The third-order valence-electron chi connectivity index (χ3n) is 4.28. The summed E-state index contributed by atoms with van der Waals surface area (Å²) in [6, 6.07) is 0. The fourth-order valence-electron chi connectivity index (χ4n) is 2.94. The first kappa shape index (κ1) is 17.1. The molecule has 2 N–H and O–H groups in total. The van der Waals surface area contributed by atoms with Gasteiger partial charge in [0.05, 0.1) is 18.8 Å². The Hall–Kier alpha value is -2.75. The number of hydrogen-bond donors (Lipinski definition) is 2. The van der Waals surface area contributed by atoms with E-state index in [0.29, 0.717) is 32.7 Å². The van der Waals surface area contributed by atoms with E-state index in [-0.39, 0.29) is 18.9 Å². The highest BCUT2D eigenvalue weighted by Crippen LogP contribution is 2.14. The van der Waals surface area contributed by atoms with Gasteiger partial charge in [-0.05, 0) is 0 Å². The second-order valence-corrected chi connectivity index (χ2v) is 6.10. The number of aromatic nitrogens is 5. The Morgan fingerprint density at radius 3 is 2.84 bits per heavy atom. The molecule has 3 rings (SSSR count). The maximum absolute atomic E-state index is 12.5. The Bertz CT molecular complexity index is 686. The largest absolute Gasteiger partial charge is 0.481 e. The average molecular weight is 347 g/mol. The summed E-state index contributed by atoms with van der Waals surface area (Å²) in [5.41, 5.74) is 0.926. The van der Waals surface area contributed by atoms with Gasteiger partial charge in [0.2, 0.25) is 5.91 Å². The van der Waals surface area contributed by atoms with Crippen LogP contribution in [0.5, 0.6) is 0 Å². The molecule has 1 amide bonds. The van der Waals surface area contributed by atoms with Crippen molar-refractivity contribution in [3.63, 3.8) is 0 Å². The minimum atomic E-state index is -0.884. The van der Waals surface area contributed by atoms with Crippen molar-refractivity contribution in [1.82, 2.24) is 34.5 Å². The van der Waals surface area contributed by atoms with Gasteiger partial charge in [-0.1, -0.05) is 0 Å². The number of H-pyrrole nitrogens is 1. The van der Waals surface area contributed by atoms with Crippen LogP contribution >= 0.6 is 0 Å². The summed E-state index contributed by atoms with van der Waals surface area (Å²) in [6.07, 6.45) is 6.58. The van der Waals surface area contributed by atoms with Gasteiger partial charge in [-0.3, -0.25) is 19.2 Å². The van der Waals surface area contributed by atoms with Crippen molar-refractivity contribution in [2.75, 3.05) is 26.2 Å². The second kappa shape index (κ2) is 7.88. The quantitative estimate of drug-likeness (QED) is 0.718. The Kier molecular flexibility index (Phi) is 5.39. The molecule has 0 bridgehead atoms. The number of aromatic amines is 1. The number of carboxylic acids is 1. The number of hydrogen-bond acceptors (Lipinski definition) is 6. The van der Waals surface area contributed by atoms with E-state index in [1.807, 2.05) is 4.90 Å². The van der Waals surface area contributed by atoms with Crippen LogP contribution in [0.4, 0.5) is 0 Å². The van der Waals surface area contributed by atoms with Crippen LogP contribution in [-0.2, 0) is 22.7 Å². The van der Waals surface area contributed by atoms with Gasteiger partial charge in [0.15, 0.2) is 0 Å². The molecule has 1 fully saturated rings. The zero-order chi connectivity index (χ0) is 17.6. The topological polar surface area (TPSA) is 120 Å². The zero-order valence-corrected chi connectivity index (χ0v) is 13.8. The predicted octanol–water partition coefficient (Wildman–Crippen LogP) is -0.563. The molecule has 3 heterocycles. The summed E-state index contributed by atoms with van der Waals surface area (Å²) in [7, 11) is 0. The molecule has 134 valence electrons. The van der Waals surface area contributed by atoms with Crippen LogP contribution in [0.15, 0.2) is 25.2 Å². The number of nitrogens with zero attached hydrogens (tertiary/aromatic N) is 6. The van der Waals surface area contributed by atoms with E-state index >= 15 is 0 Å². The van der Waals surface area contributed by atoms with Crippen LogP contribution in [0.25, 0.3) is 0 Å². The van der Waals surface area contributed by atoms with Crippen LogP contribution in [0, 0.1) is 5.92 Å². The van der Waals surface area contributed by atoms with Crippen molar-refractivity contribution >= 4 is 11.9 Å². The molecule has 1 unspecified atom stereocenters. The number of aliphatic carboxylic acids is 1. The first-order valence-electron chi connectivity index (χ1n) is 8.14. The van der Waals surface area contributed by atoms with E-state index in [9.17, 15) is 14.7 Å². The Morgan fingerprint density at radius 1 is 1.28 bits per heavy atom. The highest BCUT2D eigenvalue weighted by atomic mass is 16.4. The van der Waals surface area contributed by atoms with Crippen LogP contribution < -0.4 is 0 Å². The molecule has 1 saturated heterocycles. The SMILES string of the molecule is O=C(O)C1CN(Cc2cnc[nH]2)CCN(C(=O)CCn2cncn2)C1. The zero-order valence-electron chi connectivity index (χ0n) is 13.8. The fraction of sp³-hybridized carbons (Fsp3) is 0.533. The highest BCUT2D eigenvalue weighted by molar-refractivity contribution is 5.77.